The van der Waals surface area contributed by atoms with Crippen LogP contribution in [0, 0.1) is 10.1 Å². The van der Waals surface area contributed by atoms with Crippen molar-refractivity contribution in [3.63, 3.8) is 0 Å². The highest BCUT2D eigenvalue weighted by molar-refractivity contribution is 7.94. The van der Waals surface area contributed by atoms with Gasteiger partial charge in [-0.25, -0.2) is 13.2 Å². The van der Waals surface area contributed by atoms with E-state index >= 15 is 0 Å². The largest absolute Gasteiger partial charge is 0.478 e. The van der Waals surface area contributed by atoms with Gasteiger partial charge in [0.05, 0.1) is 4.92 Å². The van der Waals surface area contributed by atoms with Gasteiger partial charge in [0.1, 0.15) is 4.90 Å². The van der Waals surface area contributed by atoms with Crippen LogP contribution in [0.1, 0.15) is 0 Å². The molecule has 0 atom stereocenters. The van der Waals surface area contributed by atoms with Gasteiger partial charge in [0.25, 0.3) is 5.69 Å². The Morgan fingerprint density at radius 3 is 2.47 bits per heavy atom. The maximum atomic E-state index is 11.6. The van der Waals surface area contributed by atoms with Crippen LogP contribution in [-0.4, -0.2) is 24.4 Å². The van der Waals surface area contributed by atoms with E-state index in [1.807, 2.05) is 0 Å². The summed E-state index contributed by atoms with van der Waals surface area (Å²) in [4.78, 5) is 19.4. The zero-order valence-corrected chi connectivity index (χ0v) is 9.12. The van der Waals surface area contributed by atoms with Crippen molar-refractivity contribution in [1.29, 1.82) is 0 Å². The molecule has 1 aromatic carbocycles. The predicted molar refractivity (Wildman–Crippen MR) is 57.1 cm³/mol. The van der Waals surface area contributed by atoms with E-state index in [0.717, 1.165) is 12.1 Å². The van der Waals surface area contributed by atoms with Crippen molar-refractivity contribution in [3.8, 4) is 0 Å². The van der Waals surface area contributed by atoms with Crippen LogP contribution in [0.3, 0.4) is 0 Å². The van der Waals surface area contributed by atoms with Crippen LogP contribution in [0.25, 0.3) is 0 Å². The lowest BCUT2D eigenvalue weighted by molar-refractivity contribution is -0.387. The minimum Gasteiger partial charge on any atom is -0.478 e. The van der Waals surface area contributed by atoms with E-state index in [4.69, 9.17) is 5.11 Å². The number of nitrogens with zero attached hydrogens (tertiary/aromatic N) is 1. The number of carbonyl (C=O) groups is 1. The van der Waals surface area contributed by atoms with Crippen molar-refractivity contribution in [3.05, 3.63) is 45.9 Å². The van der Waals surface area contributed by atoms with Crippen molar-refractivity contribution in [2.24, 2.45) is 0 Å². The van der Waals surface area contributed by atoms with Gasteiger partial charge in [-0.3, -0.25) is 10.1 Å². The summed E-state index contributed by atoms with van der Waals surface area (Å²) in [6.07, 6.45) is 0.409. The van der Waals surface area contributed by atoms with Gasteiger partial charge in [0.2, 0.25) is 9.84 Å². The van der Waals surface area contributed by atoms with Gasteiger partial charge in [-0.05, 0) is 6.07 Å². The maximum Gasteiger partial charge on any atom is 0.329 e. The average Bonchev–Trinajstić information content (AvgIpc) is 2.26. The third-order valence-electron chi connectivity index (χ3n) is 1.76. The summed E-state index contributed by atoms with van der Waals surface area (Å²) in [5, 5.41) is 19.3. The molecule has 0 saturated carbocycles. The molecule has 0 aromatic heterocycles. The molecule has 0 spiro atoms. The molecule has 7 nitrogen and oxygen atoms in total. The van der Waals surface area contributed by atoms with Crippen molar-refractivity contribution in [2.75, 3.05) is 0 Å². The molecule has 8 heteroatoms. The molecule has 0 bridgehead atoms. The highest BCUT2D eigenvalue weighted by Crippen LogP contribution is 2.24. The Morgan fingerprint density at radius 2 is 1.94 bits per heavy atom. The first-order chi connectivity index (χ1) is 7.84. The van der Waals surface area contributed by atoms with Gasteiger partial charge in [0.15, 0.2) is 0 Å². The number of hydrogen-bond donors (Lipinski definition) is 1. The summed E-state index contributed by atoms with van der Waals surface area (Å²) in [7, 11) is -4.13. The molecule has 0 aliphatic rings. The van der Waals surface area contributed by atoms with Crippen LogP contribution in [0.5, 0.6) is 0 Å². The molecule has 1 aromatic rings. The number of hydrogen-bond acceptors (Lipinski definition) is 5. The first-order valence-electron chi connectivity index (χ1n) is 4.24. The summed E-state index contributed by atoms with van der Waals surface area (Å²) in [5.74, 6) is -1.45. The van der Waals surface area contributed by atoms with Gasteiger partial charge in [0, 0.05) is 17.6 Å². The summed E-state index contributed by atoms with van der Waals surface area (Å²) < 4.78 is 23.2. The number of para-hydroxylation sites is 1. The minimum atomic E-state index is -4.13. The van der Waals surface area contributed by atoms with Crippen LogP contribution in [-0.2, 0) is 14.6 Å². The minimum absolute atomic E-state index is 0.409. The van der Waals surface area contributed by atoms with Gasteiger partial charge in [-0.2, -0.15) is 0 Å². The molecule has 90 valence electrons. The van der Waals surface area contributed by atoms with E-state index in [0.29, 0.717) is 11.5 Å². The third-order valence-corrected chi connectivity index (χ3v) is 3.21. The second-order valence-electron chi connectivity index (χ2n) is 2.91. The van der Waals surface area contributed by atoms with E-state index in [9.17, 15) is 23.3 Å². The number of aliphatic carboxylic acids is 1. The van der Waals surface area contributed by atoms with Crippen LogP contribution in [0.15, 0.2) is 40.6 Å². The molecule has 1 N–H and O–H groups in total. The number of nitro benzene ring substituents is 1. The lowest BCUT2D eigenvalue weighted by atomic mass is 10.3. The van der Waals surface area contributed by atoms with Crippen molar-refractivity contribution < 1.29 is 23.2 Å². The van der Waals surface area contributed by atoms with Crippen LogP contribution >= 0.6 is 0 Å². The molecule has 1 rings (SSSR count). The molecule has 0 amide bonds. The first kappa shape index (κ1) is 12.8. The van der Waals surface area contributed by atoms with Gasteiger partial charge in [-0.1, -0.05) is 12.1 Å². The van der Waals surface area contributed by atoms with E-state index in [1.54, 1.807) is 0 Å². The Balaban J connectivity index is 3.34. The lowest BCUT2D eigenvalue weighted by Crippen LogP contribution is -2.02. The Labute approximate surface area is 96.1 Å². The molecule has 0 aliphatic heterocycles. The summed E-state index contributed by atoms with van der Waals surface area (Å²) in [5.41, 5.74) is -0.595. The molecular weight excluding hydrogens is 250 g/mol. The van der Waals surface area contributed by atoms with Crippen LogP contribution < -0.4 is 0 Å². The fourth-order valence-electron chi connectivity index (χ4n) is 1.07. The molecule has 17 heavy (non-hydrogen) atoms. The first-order valence-corrected chi connectivity index (χ1v) is 5.79. The lowest BCUT2D eigenvalue weighted by Gasteiger charge is -1.99. The van der Waals surface area contributed by atoms with Crippen LogP contribution in [0.2, 0.25) is 0 Å². The van der Waals surface area contributed by atoms with E-state index in [1.165, 1.54) is 12.1 Å². The Kier molecular flexibility index (Phi) is 3.59. The standard InChI is InChI=1S/C9H7NO6S/c11-9(12)5-6-17(15,16)8-4-2-1-3-7(8)10(13)14/h1-6H,(H,11,12)/b6-5+. The average molecular weight is 257 g/mol. The molecule has 0 saturated heterocycles. The van der Waals surface area contributed by atoms with E-state index in [2.05, 4.69) is 0 Å². The number of sulfone groups is 1. The Hall–Kier alpha value is -2.22. The number of nitro groups is 1. The molecule has 0 unspecified atom stereocenters. The van der Waals surface area contributed by atoms with E-state index < -0.39 is 31.3 Å². The van der Waals surface area contributed by atoms with E-state index in [-0.39, 0.29) is 0 Å². The summed E-state index contributed by atoms with van der Waals surface area (Å²) >= 11 is 0. The highest BCUT2D eigenvalue weighted by atomic mass is 32.2. The smallest absolute Gasteiger partial charge is 0.329 e. The second-order valence-corrected chi connectivity index (χ2v) is 4.71. The Bertz CT molecular complexity index is 589. The van der Waals surface area contributed by atoms with Crippen molar-refractivity contribution in [1.82, 2.24) is 0 Å². The van der Waals surface area contributed by atoms with Gasteiger partial charge < -0.3 is 5.11 Å². The number of benzene rings is 1. The number of carboxylic acids is 1. The van der Waals surface area contributed by atoms with Crippen molar-refractivity contribution >= 4 is 21.5 Å². The summed E-state index contributed by atoms with van der Waals surface area (Å²) in [6.45, 7) is 0. The molecule has 0 heterocycles. The molecule has 0 aliphatic carbocycles. The molecule has 0 radical (unpaired) electrons. The maximum absolute atomic E-state index is 11.6. The number of rotatable bonds is 4. The molecule has 0 fully saturated rings. The number of carboxylic acid groups (broad SMARTS) is 1. The topological polar surface area (TPSA) is 115 Å². The second kappa shape index (κ2) is 4.74. The fraction of sp³-hybridized carbons (Fsp3) is 0. The van der Waals surface area contributed by atoms with Crippen molar-refractivity contribution in [2.45, 2.75) is 4.90 Å². The van der Waals surface area contributed by atoms with Gasteiger partial charge in [-0.15, -0.1) is 0 Å². The zero-order valence-electron chi connectivity index (χ0n) is 8.31. The quantitative estimate of drug-likeness (QED) is 0.488. The third kappa shape index (κ3) is 3.11. The molecular formula is C9H7NO6S. The Morgan fingerprint density at radius 1 is 1.35 bits per heavy atom. The normalized spacial score (nSPS) is 11.5. The summed E-state index contributed by atoms with van der Waals surface area (Å²) in [6, 6.07) is 4.70. The highest BCUT2D eigenvalue weighted by Gasteiger charge is 2.22. The SMILES string of the molecule is O=C(O)/C=C/S(=O)(=O)c1ccccc1[N+](=O)[O-]. The predicted octanol–water partition coefficient (Wildman–Crippen LogP) is 0.967. The zero-order chi connectivity index (χ0) is 13.1. The fourth-order valence-corrected chi connectivity index (χ4v) is 2.21. The van der Waals surface area contributed by atoms with Gasteiger partial charge >= 0.3 is 5.97 Å². The monoisotopic (exact) mass is 257 g/mol. The van der Waals surface area contributed by atoms with Crippen LogP contribution in [0.4, 0.5) is 5.69 Å².